The number of amides is 5. The Morgan fingerprint density at radius 2 is 1.63 bits per heavy atom. The minimum absolute atomic E-state index is 0.106. The molecule has 2 aliphatic rings. The van der Waals surface area contributed by atoms with E-state index in [1.54, 1.807) is 20.8 Å². The minimum Gasteiger partial charge on any atom is -0.452 e. The van der Waals surface area contributed by atoms with E-state index in [4.69, 9.17) is 4.74 Å². The largest absolute Gasteiger partial charge is 0.452 e. The van der Waals surface area contributed by atoms with Crippen LogP contribution >= 0.6 is 0 Å². The summed E-state index contributed by atoms with van der Waals surface area (Å²) in [6.45, 7) is 12.0. The lowest BCUT2D eigenvalue weighted by molar-refractivity contribution is -0.164. The lowest BCUT2D eigenvalue weighted by Gasteiger charge is -2.38. The maximum atomic E-state index is 13.9. The van der Waals surface area contributed by atoms with Gasteiger partial charge < -0.3 is 35.2 Å². The van der Waals surface area contributed by atoms with Crippen LogP contribution in [0, 0.1) is 11.8 Å². The number of carbonyl (C=O) groups is 6. The molecule has 0 aromatic heterocycles. The van der Waals surface area contributed by atoms with E-state index in [1.165, 1.54) is 42.6 Å². The van der Waals surface area contributed by atoms with Crippen molar-refractivity contribution < 1.29 is 38.6 Å². The highest BCUT2D eigenvalue weighted by molar-refractivity contribution is 5.96. The number of fused-ring (bicyclic) bond motifs is 1. The maximum absolute atomic E-state index is 13.9. The van der Waals surface area contributed by atoms with Crippen molar-refractivity contribution in [2.24, 2.45) is 11.8 Å². The maximum Gasteiger partial charge on any atom is 0.308 e. The van der Waals surface area contributed by atoms with Gasteiger partial charge in [0.05, 0.1) is 12.0 Å². The molecule has 5 amide bonds. The van der Waals surface area contributed by atoms with E-state index in [0.717, 1.165) is 0 Å². The van der Waals surface area contributed by atoms with Gasteiger partial charge in [0, 0.05) is 33.6 Å². The second kappa shape index (κ2) is 15.0. The number of likely N-dealkylation sites (N-methyl/N-ethyl adjacent to an activating group) is 2. The average Bonchev–Trinajstić information content (AvgIpc) is 3.42. The average molecular weight is 612 g/mol. The highest BCUT2D eigenvalue weighted by Crippen LogP contribution is 2.25. The molecule has 0 aromatic rings. The number of nitrogens with one attached hydrogen (secondary N) is 2. The predicted octanol–water partition coefficient (Wildman–Crippen LogP) is 0.431. The fourth-order valence-corrected chi connectivity index (χ4v) is 5.54. The van der Waals surface area contributed by atoms with E-state index in [0.29, 0.717) is 19.3 Å². The van der Waals surface area contributed by atoms with Crippen molar-refractivity contribution in [3.63, 3.8) is 0 Å². The Morgan fingerprint density at radius 1 is 1.00 bits per heavy atom. The van der Waals surface area contributed by atoms with Gasteiger partial charge in [0.2, 0.25) is 23.6 Å². The summed E-state index contributed by atoms with van der Waals surface area (Å²) in [5.41, 5.74) is -1.36. The fourth-order valence-electron chi connectivity index (χ4n) is 5.54. The molecular weight excluding hydrogens is 560 g/mol. The fraction of sp³-hybridized carbons (Fsp3) is 0.800. The SMILES string of the molecule is CC[C@H](C)[C@@H]1NC(=O)[C@@H]2CCCN2C(=O)[C@@H](CC(C)(C)O)OC(=O)C[14CH2]NC(=O)[C@H](C)N(C)C(=O)C(C(C)C)N(C)C1=O. The quantitative estimate of drug-likeness (QED) is 0.377. The van der Waals surface area contributed by atoms with Gasteiger partial charge in [0.15, 0.2) is 6.10 Å². The van der Waals surface area contributed by atoms with Crippen molar-refractivity contribution in [2.75, 3.05) is 27.2 Å². The van der Waals surface area contributed by atoms with Gasteiger partial charge in [-0.25, -0.2) is 0 Å². The molecule has 2 saturated heterocycles. The number of cyclic esters (lactones) is 1. The van der Waals surface area contributed by atoms with Crippen molar-refractivity contribution >= 4 is 35.5 Å². The van der Waals surface area contributed by atoms with Crippen LogP contribution in [0.4, 0.5) is 0 Å². The van der Waals surface area contributed by atoms with E-state index >= 15 is 0 Å². The molecule has 2 fully saturated rings. The van der Waals surface area contributed by atoms with Crippen LogP contribution in [0.15, 0.2) is 0 Å². The van der Waals surface area contributed by atoms with Gasteiger partial charge in [-0.2, -0.15) is 0 Å². The molecule has 0 spiro atoms. The summed E-state index contributed by atoms with van der Waals surface area (Å²) >= 11 is 0. The highest BCUT2D eigenvalue weighted by atomic mass is 16.5. The number of nitrogens with zero attached hydrogens (tertiary/aromatic N) is 3. The monoisotopic (exact) mass is 611 g/mol. The third-order valence-electron chi connectivity index (χ3n) is 8.44. The van der Waals surface area contributed by atoms with Crippen molar-refractivity contribution in [1.29, 1.82) is 0 Å². The number of ether oxygens (including phenoxy) is 1. The second-order valence-electron chi connectivity index (χ2n) is 12.9. The van der Waals surface area contributed by atoms with E-state index in [-0.39, 0.29) is 37.8 Å². The number of rotatable bonds is 5. The van der Waals surface area contributed by atoms with Crippen LogP contribution in [0.5, 0.6) is 0 Å². The molecule has 1 unspecified atom stereocenters. The molecule has 43 heavy (non-hydrogen) atoms. The molecule has 0 aromatic carbocycles. The summed E-state index contributed by atoms with van der Waals surface area (Å²) in [6.07, 6.45) is -0.383. The van der Waals surface area contributed by atoms with Gasteiger partial charge in [-0.05, 0) is 45.4 Å². The van der Waals surface area contributed by atoms with Crippen molar-refractivity contribution in [1.82, 2.24) is 25.3 Å². The topological polar surface area (TPSA) is 166 Å². The molecule has 0 radical (unpaired) electrons. The first-order valence-corrected chi connectivity index (χ1v) is 15.2. The third kappa shape index (κ3) is 9.14. The van der Waals surface area contributed by atoms with Crippen molar-refractivity contribution in [2.45, 2.75) is 116 Å². The Hall–Kier alpha value is -3.22. The molecule has 0 aliphatic carbocycles. The van der Waals surface area contributed by atoms with Crippen LogP contribution in [0.25, 0.3) is 0 Å². The van der Waals surface area contributed by atoms with E-state index in [1.807, 2.05) is 13.8 Å². The van der Waals surface area contributed by atoms with E-state index in [2.05, 4.69) is 10.6 Å². The Labute approximate surface area is 255 Å². The highest BCUT2D eigenvalue weighted by Gasteiger charge is 2.43. The van der Waals surface area contributed by atoms with Crippen molar-refractivity contribution in [3.05, 3.63) is 0 Å². The lowest BCUT2D eigenvalue weighted by Crippen LogP contribution is -2.61. The summed E-state index contributed by atoms with van der Waals surface area (Å²) in [7, 11) is 3.00. The predicted molar refractivity (Wildman–Crippen MR) is 158 cm³/mol. The molecule has 6 atom stereocenters. The van der Waals surface area contributed by atoms with Crippen LogP contribution in [-0.4, -0.2) is 118 Å². The molecular formula is C30H51N5O8. The molecule has 13 nitrogen and oxygen atoms in total. The smallest absolute Gasteiger partial charge is 0.308 e. The molecule has 0 saturated carbocycles. The minimum atomic E-state index is -1.36. The van der Waals surface area contributed by atoms with Gasteiger partial charge in [-0.1, -0.05) is 34.1 Å². The first-order chi connectivity index (χ1) is 19.9. The van der Waals surface area contributed by atoms with Crippen LogP contribution in [0.3, 0.4) is 0 Å². The summed E-state index contributed by atoms with van der Waals surface area (Å²) in [6, 6.07) is -3.72. The van der Waals surface area contributed by atoms with E-state index in [9.17, 15) is 33.9 Å². The summed E-state index contributed by atoms with van der Waals surface area (Å²) in [5, 5.41) is 15.9. The number of hydrogen-bond acceptors (Lipinski definition) is 8. The third-order valence-corrected chi connectivity index (χ3v) is 8.44. The number of esters is 1. The van der Waals surface area contributed by atoms with Crippen LogP contribution in [0.2, 0.25) is 0 Å². The Bertz CT molecular complexity index is 1060. The summed E-state index contributed by atoms with van der Waals surface area (Å²) in [4.78, 5) is 84.6. The molecule has 2 aliphatic heterocycles. The van der Waals surface area contributed by atoms with Crippen LogP contribution < -0.4 is 10.6 Å². The molecule has 2 heterocycles. The van der Waals surface area contributed by atoms with Gasteiger partial charge in [0.1, 0.15) is 24.2 Å². The zero-order chi connectivity index (χ0) is 32.8. The van der Waals surface area contributed by atoms with E-state index < -0.39 is 71.4 Å². The second-order valence-corrected chi connectivity index (χ2v) is 12.9. The zero-order valence-electron chi connectivity index (χ0n) is 27.1. The Balaban J connectivity index is 2.56. The molecule has 13 heteroatoms. The van der Waals surface area contributed by atoms with Crippen molar-refractivity contribution in [3.8, 4) is 0 Å². The first kappa shape index (κ1) is 36.0. The normalized spacial score (nSPS) is 28.5. The summed E-state index contributed by atoms with van der Waals surface area (Å²) < 4.78 is 5.50. The lowest BCUT2D eigenvalue weighted by atomic mass is 9.94. The first-order valence-electron chi connectivity index (χ1n) is 15.2. The van der Waals surface area contributed by atoms with Gasteiger partial charge in [-0.15, -0.1) is 0 Å². The van der Waals surface area contributed by atoms with Crippen LogP contribution in [0.1, 0.15) is 80.6 Å². The van der Waals surface area contributed by atoms with Crippen LogP contribution in [-0.2, 0) is 33.5 Å². The van der Waals surface area contributed by atoms with Gasteiger partial charge in [0.25, 0.3) is 5.91 Å². The molecule has 0 bridgehead atoms. The zero-order valence-corrected chi connectivity index (χ0v) is 27.1. The molecule has 244 valence electrons. The number of hydrogen-bond donors (Lipinski definition) is 3. The van der Waals surface area contributed by atoms with Gasteiger partial charge in [-0.3, -0.25) is 28.8 Å². The molecule has 3 N–H and O–H groups in total. The Kier molecular flexibility index (Phi) is 12.5. The standard InChI is InChI=1S/C30H51N5O8/c1-10-18(4)23-28(40)34(9)24(17(2)3)29(41)33(8)19(5)25(37)31-14-13-22(36)43-21(16-30(6,7)42)27(39)35-15-11-12-20(35)26(38)32-23/h17-21,23-24,42H,10-16H2,1-9H3,(H,31,37)(H,32,38)/t18-,19-,20-,21+,23-,24?/m0/s1/i14+2. The number of carbonyl (C=O) groups excluding carboxylic acids is 6. The van der Waals surface area contributed by atoms with Gasteiger partial charge >= 0.3 is 5.97 Å². The number of aliphatic hydroxyl groups is 1. The Morgan fingerprint density at radius 3 is 2.19 bits per heavy atom. The molecule has 2 rings (SSSR count). The summed E-state index contributed by atoms with van der Waals surface area (Å²) in [5.74, 6) is -3.91.